The van der Waals surface area contributed by atoms with Gasteiger partial charge in [0.15, 0.2) is 0 Å². The van der Waals surface area contributed by atoms with Crippen LogP contribution in [0, 0.1) is 0 Å². The highest BCUT2D eigenvalue weighted by molar-refractivity contribution is 9.09. The molecule has 1 aromatic carbocycles. The van der Waals surface area contributed by atoms with Gasteiger partial charge in [0.2, 0.25) is 0 Å². The van der Waals surface area contributed by atoms with Crippen molar-refractivity contribution in [1.29, 1.82) is 0 Å². The average Bonchev–Trinajstić information content (AvgIpc) is 2.31. The summed E-state index contributed by atoms with van der Waals surface area (Å²) in [7, 11) is 2.85. The molecule has 0 unspecified atom stereocenters. The Morgan fingerprint density at radius 3 is 2.62 bits per heavy atom. The minimum absolute atomic E-state index is 0.397. The topological polar surface area (TPSA) is 35.5 Å². The van der Waals surface area contributed by atoms with Gasteiger partial charge in [0.1, 0.15) is 5.75 Å². The van der Waals surface area contributed by atoms with Crippen LogP contribution in [0.25, 0.3) is 0 Å². The fraction of sp³-hybridized carbons (Fsp3) is 0.364. The molecule has 0 fully saturated rings. The van der Waals surface area contributed by atoms with Crippen LogP contribution in [0.4, 0.5) is 0 Å². The molecule has 0 heterocycles. The predicted octanol–water partition coefficient (Wildman–Crippen LogP) is 3.07. The fourth-order valence-electron chi connectivity index (χ4n) is 1.32. The van der Waals surface area contributed by atoms with E-state index in [0.29, 0.717) is 16.3 Å². The van der Waals surface area contributed by atoms with Gasteiger partial charge >= 0.3 is 5.97 Å². The summed E-state index contributed by atoms with van der Waals surface area (Å²) in [5, 5.41) is 1.30. The maximum atomic E-state index is 11.4. The van der Waals surface area contributed by atoms with E-state index in [1.54, 1.807) is 12.1 Å². The molecule has 1 rings (SSSR count). The zero-order valence-corrected chi connectivity index (χ0v) is 11.4. The highest BCUT2D eigenvalue weighted by atomic mass is 79.9. The highest BCUT2D eigenvalue weighted by Crippen LogP contribution is 2.30. The number of benzene rings is 1. The van der Waals surface area contributed by atoms with Gasteiger partial charge in [-0.15, -0.1) is 0 Å². The first-order valence-electron chi connectivity index (χ1n) is 4.64. The van der Waals surface area contributed by atoms with Crippen LogP contribution < -0.4 is 4.74 Å². The molecule has 1 aromatic rings. The first-order valence-corrected chi connectivity index (χ1v) is 6.14. The lowest BCUT2D eigenvalue weighted by molar-refractivity contribution is 0.0600. The van der Waals surface area contributed by atoms with E-state index in [1.165, 1.54) is 14.2 Å². The first kappa shape index (κ1) is 13.3. The van der Waals surface area contributed by atoms with Gasteiger partial charge in [0.25, 0.3) is 0 Å². The fourth-order valence-corrected chi connectivity index (χ4v) is 2.03. The molecule has 5 heteroatoms. The second-order valence-corrected chi connectivity index (χ2v) is 4.25. The number of hydrogen-bond acceptors (Lipinski definition) is 3. The Kier molecular flexibility index (Phi) is 5.09. The molecule has 0 saturated carbocycles. The van der Waals surface area contributed by atoms with Crippen LogP contribution in [0.3, 0.4) is 0 Å². The monoisotopic (exact) mass is 306 g/mol. The van der Waals surface area contributed by atoms with Crippen LogP contribution in [0.2, 0.25) is 5.02 Å². The third-order valence-corrected chi connectivity index (χ3v) is 2.94. The second kappa shape index (κ2) is 6.11. The Labute approximate surface area is 108 Å². The summed E-state index contributed by atoms with van der Waals surface area (Å²) in [6.07, 6.45) is 0.722. The van der Waals surface area contributed by atoms with Crippen LogP contribution in [-0.4, -0.2) is 25.5 Å². The summed E-state index contributed by atoms with van der Waals surface area (Å²) in [5.41, 5.74) is 1.30. The summed E-state index contributed by atoms with van der Waals surface area (Å²) in [4.78, 5) is 11.4. The van der Waals surface area contributed by atoms with Crippen molar-refractivity contribution in [2.75, 3.05) is 19.5 Å². The molecule has 0 spiro atoms. The Balaban J connectivity index is 3.22. The van der Waals surface area contributed by atoms with Crippen molar-refractivity contribution in [1.82, 2.24) is 0 Å². The molecule has 0 amide bonds. The van der Waals surface area contributed by atoms with Gasteiger partial charge in [-0.1, -0.05) is 27.5 Å². The highest BCUT2D eigenvalue weighted by Gasteiger charge is 2.14. The Bertz CT molecular complexity index is 393. The number of ether oxygens (including phenoxy) is 2. The zero-order chi connectivity index (χ0) is 12.1. The summed E-state index contributed by atoms with van der Waals surface area (Å²) in [6.45, 7) is 0. The standard InChI is InChI=1S/C11H12BrClO3/c1-15-9-6-8(11(14)16-2)5-7(3-4-12)10(9)13/h5-6H,3-4H2,1-2H3. The van der Waals surface area contributed by atoms with Crippen molar-refractivity contribution in [2.24, 2.45) is 0 Å². The Morgan fingerprint density at radius 2 is 2.12 bits per heavy atom. The molecule has 0 aromatic heterocycles. The summed E-state index contributed by atoms with van der Waals surface area (Å²) in [6, 6.07) is 3.30. The summed E-state index contributed by atoms with van der Waals surface area (Å²) < 4.78 is 9.77. The molecule has 0 aliphatic rings. The van der Waals surface area contributed by atoms with Gasteiger partial charge in [-0.3, -0.25) is 0 Å². The minimum atomic E-state index is -0.397. The van der Waals surface area contributed by atoms with E-state index in [1.807, 2.05) is 0 Å². The van der Waals surface area contributed by atoms with Gasteiger partial charge in [0.05, 0.1) is 24.8 Å². The lowest BCUT2D eigenvalue weighted by atomic mass is 10.1. The normalized spacial score (nSPS) is 10.0. The van der Waals surface area contributed by atoms with Crippen molar-refractivity contribution >= 4 is 33.5 Å². The number of carbonyl (C=O) groups excluding carboxylic acids is 1. The van der Waals surface area contributed by atoms with Crippen molar-refractivity contribution in [3.8, 4) is 5.75 Å². The molecular formula is C11H12BrClO3. The van der Waals surface area contributed by atoms with E-state index in [2.05, 4.69) is 20.7 Å². The molecular weight excluding hydrogens is 295 g/mol. The molecule has 3 nitrogen and oxygen atoms in total. The number of methoxy groups -OCH3 is 2. The minimum Gasteiger partial charge on any atom is -0.495 e. The van der Waals surface area contributed by atoms with E-state index in [0.717, 1.165) is 17.3 Å². The van der Waals surface area contributed by atoms with E-state index in [4.69, 9.17) is 16.3 Å². The van der Waals surface area contributed by atoms with Gasteiger partial charge in [-0.2, -0.15) is 0 Å². The first-order chi connectivity index (χ1) is 7.63. The largest absolute Gasteiger partial charge is 0.495 e. The maximum absolute atomic E-state index is 11.4. The average molecular weight is 308 g/mol. The van der Waals surface area contributed by atoms with Crippen LogP contribution in [0.15, 0.2) is 12.1 Å². The number of halogens is 2. The number of carbonyl (C=O) groups is 1. The van der Waals surface area contributed by atoms with Gasteiger partial charge in [-0.25, -0.2) is 4.79 Å². The molecule has 0 N–H and O–H groups in total. The lowest BCUT2D eigenvalue weighted by Gasteiger charge is -2.10. The Hall–Kier alpha value is -0.740. The van der Waals surface area contributed by atoms with Crippen molar-refractivity contribution in [3.63, 3.8) is 0 Å². The third-order valence-electron chi connectivity index (χ3n) is 2.12. The molecule has 0 radical (unpaired) electrons. The maximum Gasteiger partial charge on any atom is 0.337 e. The van der Waals surface area contributed by atoms with Crippen molar-refractivity contribution < 1.29 is 14.3 Å². The number of rotatable bonds is 4. The van der Waals surface area contributed by atoms with Gasteiger partial charge in [-0.05, 0) is 24.1 Å². The van der Waals surface area contributed by atoms with Crippen LogP contribution in [-0.2, 0) is 11.2 Å². The van der Waals surface area contributed by atoms with E-state index in [9.17, 15) is 4.79 Å². The van der Waals surface area contributed by atoms with Crippen molar-refractivity contribution in [2.45, 2.75) is 6.42 Å². The molecule has 0 bridgehead atoms. The molecule has 0 atom stereocenters. The van der Waals surface area contributed by atoms with E-state index < -0.39 is 5.97 Å². The molecule has 0 aliphatic carbocycles. The quantitative estimate of drug-likeness (QED) is 0.633. The van der Waals surface area contributed by atoms with E-state index in [-0.39, 0.29) is 0 Å². The number of aryl methyl sites for hydroxylation is 1. The molecule has 0 aliphatic heterocycles. The SMILES string of the molecule is COC(=O)c1cc(CCBr)c(Cl)c(OC)c1. The van der Waals surface area contributed by atoms with Crippen LogP contribution in [0.5, 0.6) is 5.75 Å². The zero-order valence-electron chi connectivity index (χ0n) is 9.05. The van der Waals surface area contributed by atoms with Crippen LogP contribution >= 0.6 is 27.5 Å². The Morgan fingerprint density at radius 1 is 1.44 bits per heavy atom. The predicted molar refractivity (Wildman–Crippen MR) is 66.8 cm³/mol. The number of alkyl halides is 1. The molecule has 0 saturated heterocycles. The van der Waals surface area contributed by atoms with Crippen molar-refractivity contribution in [3.05, 3.63) is 28.3 Å². The van der Waals surface area contributed by atoms with Crippen LogP contribution in [0.1, 0.15) is 15.9 Å². The number of esters is 1. The smallest absolute Gasteiger partial charge is 0.337 e. The number of hydrogen-bond donors (Lipinski definition) is 0. The molecule has 16 heavy (non-hydrogen) atoms. The molecule has 88 valence electrons. The van der Waals surface area contributed by atoms with E-state index >= 15 is 0 Å². The second-order valence-electron chi connectivity index (χ2n) is 3.08. The summed E-state index contributed by atoms with van der Waals surface area (Å²) >= 11 is 9.44. The van der Waals surface area contributed by atoms with Gasteiger partial charge in [0, 0.05) is 5.33 Å². The van der Waals surface area contributed by atoms with Gasteiger partial charge < -0.3 is 9.47 Å². The summed E-state index contributed by atoms with van der Waals surface area (Å²) in [5.74, 6) is 0.0892. The lowest BCUT2D eigenvalue weighted by Crippen LogP contribution is -2.04. The third kappa shape index (κ3) is 2.89.